The van der Waals surface area contributed by atoms with Crippen molar-refractivity contribution in [2.24, 2.45) is 0 Å². The van der Waals surface area contributed by atoms with Gasteiger partial charge in [-0.05, 0) is 18.2 Å². The van der Waals surface area contributed by atoms with Crippen molar-refractivity contribution in [1.82, 2.24) is 15.0 Å². The van der Waals surface area contributed by atoms with Gasteiger partial charge in [-0.3, -0.25) is 0 Å². The third-order valence-corrected chi connectivity index (χ3v) is 3.29. The van der Waals surface area contributed by atoms with Crippen molar-refractivity contribution < 1.29 is 19.4 Å². The van der Waals surface area contributed by atoms with Gasteiger partial charge in [-0.25, -0.2) is 14.8 Å². The zero-order valence-electron chi connectivity index (χ0n) is 12.0. The van der Waals surface area contributed by atoms with Gasteiger partial charge in [-0.1, -0.05) is 0 Å². The second kappa shape index (κ2) is 5.36. The van der Waals surface area contributed by atoms with Crippen molar-refractivity contribution in [3.63, 3.8) is 0 Å². The number of aromatic carboxylic acids is 1. The van der Waals surface area contributed by atoms with Crippen LogP contribution in [-0.2, 0) is 0 Å². The molecule has 1 aromatic carbocycles. The van der Waals surface area contributed by atoms with Crippen molar-refractivity contribution in [1.29, 1.82) is 0 Å². The summed E-state index contributed by atoms with van der Waals surface area (Å²) in [5, 5.41) is 9.16. The van der Waals surface area contributed by atoms with Crippen molar-refractivity contribution in [3.05, 3.63) is 36.2 Å². The summed E-state index contributed by atoms with van der Waals surface area (Å²) in [7, 11) is 3.10. The van der Waals surface area contributed by atoms with Crippen molar-refractivity contribution in [3.8, 4) is 22.8 Å². The molecule has 7 nitrogen and oxygen atoms in total. The van der Waals surface area contributed by atoms with E-state index in [1.165, 1.54) is 6.20 Å². The Bertz CT molecular complexity index is 857. The predicted molar refractivity (Wildman–Crippen MR) is 79.4 cm³/mol. The molecule has 2 aromatic heterocycles. The number of carboxylic acid groups (broad SMARTS) is 1. The first-order chi connectivity index (χ1) is 10.6. The van der Waals surface area contributed by atoms with Crippen LogP contribution in [0.25, 0.3) is 22.4 Å². The highest BCUT2D eigenvalue weighted by molar-refractivity contribution is 6.00. The van der Waals surface area contributed by atoms with E-state index in [0.717, 1.165) is 5.56 Å². The Kier molecular flexibility index (Phi) is 3.38. The van der Waals surface area contributed by atoms with E-state index in [2.05, 4.69) is 15.0 Å². The second-order valence-electron chi connectivity index (χ2n) is 4.53. The molecule has 0 spiro atoms. The third-order valence-electron chi connectivity index (χ3n) is 3.29. The lowest BCUT2D eigenvalue weighted by Crippen LogP contribution is -1.97. The molecule has 0 aliphatic heterocycles. The molecule has 0 fully saturated rings. The van der Waals surface area contributed by atoms with Gasteiger partial charge in [0.1, 0.15) is 11.1 Å². The maximum atomic E-state index is 11.2. The maximum Gasteiger partial charge on any atom is 0.339 e. The fourth-order valence-corrected chi connectivity index (χ4v) is 2.19. The molecular formula is C15H13N3O4. The number of fused-ring (bicyclic) bond motifs is 1. The fourth-order valence-electron chi connectivity index (χ4n) is 2.19. The first-order valence-corrected chi connectivity index (χ1v) is 6.44. The first kappa shape index (κ1) is 13.9. The van der Waals surface area contributed by atoms with Gasteiger partial charge in [0.2, 0.25) is 0 Å². The van der Waals surface area contributed by atoms with E-state index in [1.54, 1.807) is 32.5 Å². The third kappa shape index (κ3) is 2.22. The molecule has 112 valence electrons. The van der Waals surface area contributed by atoms with E-state index >= 15 is 0 Å². The van der Waals surface area contributed by atoms with Gasteiger partial charge < -0.3 is 19.6 Å². The normalized spacial score (nSPS) is 10.6. The summed E-state index contributed by atoms with van der Waals surface area (Å²) in [4.78, 5) is 22.6. The quantitative estimate of drug-likeness (QED) is 0.767. The number of aromatic amines is 1. The van der Waals surface area contributed by atoms with Crippen LogP contribution in [0.2, 0.25) is 0 Å². The number of carbonyl (C=O) groups is 1. The number of rotatable bonds is 4. The highest BCUT2D eigenvalue weighted by atomic mass is 16.5. The number of nitrogens with zero attached hydrogens (tertiary/aromatic N) is 2. The molecule has 2 heterocycles. The van der Waals surface area contributed by atoms with Gasteiger partial charge in [0, 0.05) is 11.8 Å². The van der Waals surface area contributed by atoms with E-state index < -0.39 is 5.97 Å². The Morgan fingerprint density at radius 3 is 2.68 bits per heavy atom. The van der Waals surface area contributed by atoms with Crippen LogP contribution in [0.3, 0.4) is 0 Å². The topological polar surface area (TPSA) is 97.3 Å². The van der Waals surface area contributed by atoms with Gasteiger partial charge >= 0.3 is 5.97 Å². The number of ether oxygens (including phenoxy) is 2. The smallest absolute Gasteiger partial charge is 0.339 e. The molecule has 0 unspecified atom stereocenters. The Morgan fingerprint density at radius 2 is 2.00 bits per heavy atom. The SMILES string of the molecule is COc1ccc(-c2cnc3[nH]cc(C(=O)O)c3n2)cc1OC. The zero-order valence-corrected chi connectivity index (χ0v) is 12.0. The van der Waals surface area contributed by atoms with Crippen LogP contribution < -0.4 is 9.47 Å². The minimum Gasteiger partial charge on any atom is -0.493 e. The standard InChI is InChI=1S/C15H13N3O4/c1-21-11-4-3-8(5-12(11)22-2)10-7-17-14-13(18-10)9(6-16-14)15(19)20/h3-7H,1-2H3,(H,16,17)(H,19,20). The summed E-state index contributed by atoms with van der Waals surface area (Å²) < 4.78 is 10.5. The Morgan fingerprint density at radius 1 is 1.23 bits per heavy atom. The molecule has 0 atom stereocenters. The number of carboxylic acids is 1. The summed E-state index contributed by atoms with van der Waals surface area (Å²) in [5.41, 5.74) is 2.14. The van der Waals surface area contributed by atoms with Crippen LogP contribution in [0.1, 0.15) is 10.4 Å². The Balaban J connectivity index is 2.13. The Labute approximate surface area is 125 Å². The molecule has 2 N–H and O–H groups in total. The molecular weight excluding hydrogens is 286 g/mol. The molecule has 0 aliphatic rings. The maximum absolute atomic E-state index is 11.2. The van der Waals surface area contributed by atoms with Crippen LogP contribution in [0.4, 0.5) is 0 Å². The molecule has 0 aliphatic carbocycles. The van der Waals surface area contributed by atoms with Crippen molar-refractivity contribution >= 4 is 17.1 Å². The summed E-state index contributed by atoms with van der Waals surface area (Å²) in [6.45, 7) is 0. The van der Waals surface area contributed by atoms with Gasteiger partial charge in [-0.2, -0.15) is 0 Å². The minimum absolute atomic E-state index is 0.0878. The molecule has 22 heavy (non-hydrogen) atoms. The fraction of sp³-hybridized carbons (Fsp3) is 0.133. The Hall–Kier alpha value is -3.09. The summed E-state index contributed by atoms with van der Waals surface area (Å²) in [6.07, 6.45) is 2.96. The molecule has 0 saturated heterocycles. The summed E-state index contributed by atoms with van der Waals surface area (Å²) >= 11 is 0. The number of H-pyrrole nitrogens is 1. The summed E-state index contributed by atoms with van der Waals surface area (Å²) in [6, 6.07) is 5.33. The highest BCUT2D eigenvalue weighted by Crippen LogP contribution is 2.32. The second-order valence-corrected chi connectivity index (χ2v) is 4.53. The lowest BCUT2D eigenvalue weighted by Gasteiger charge is -2.09. The molecule has 0 bridgehead atoms. The first-order valence-electron chi connectivity index (χ1n) is 6.44. The molecule has 7 heteroatoms. The molecule has 3 rings (SSSR count). The molecule has 0 radical (unpaired) electrons. The van der Waals surface area contributed by atoms with E-state index in [-0.39, 0.29) is 5.56 Å². The van der Waals surface area contributed by atoms with Crippen LogP contribution in [0, 0.1) is 0 Å². The van der Waals surface area contributed by atoms with E-state index in [1.807, 2.05) is 6.07 Å². The molecule has 3 aromatic rings. The van der Waals surface area contributed by atoms with E-state index in [9.17, 15) is 4.79 Å². The monoisotopic (exact) mass is 299 g/mol. The number of nitrogens with one attached hydrogen (secondary N) is 1. The number of aromatic nitrogens is 3. The van der Waals surface area contributed by atoms with Crippen molar-refractivity contribution in [2.75, 3.05) is 14.2 Å². The largest absolute Gasteiger partial charge is 0.493 e. The number of hydrogen-bond donors (Lipinski definition) is 2. The van der Waals surface area contributed by atoms with Gasteiger partial charge in [0.25, 0.3) is 0 Å². The number of methoxy groups -OCH3 is 2. The lowest BCUT2D eigenvalue weighted by atomic mass is 10.1. The van der Waals surface area contributed by atoms with Crippen molar-refractivity contribution in [2.45, 2.75) is 0 Å². The number of hydrogen-bond acceptors (Lipinski definition) is 5. The van der Waals surface area contributed by atoms with Crippen LogP contribution >= 0.6 is 0 Å². The van der Waals surface area contributed by atoms with Crippen LogP contribution in [0.5, 0.6) is 11.5 Å². The zero-order chi connectivity index (χ0) is 15.7. The van der Waals surface area contributed by atoms with Gasteiger partial charge in [0.05, 0.1) is 26.1 Å². The van der Waals surface area contributed by atoms with E-state index in [4.69, 9.17) is 14.6 Å². The number of benzene rings is 1. The lowest BCUT2D eigenvalue weighted by molar-refractivity contribution is 0.0699. The highest BCUT2D eigenvalue weighted by Gasteiger charge is 2.14. The van der Waals surface area contributed by atoms with E-state index in [0.29, 0.717) is 28.4 Å². The van der Waals surface area contributed by atoms with Crippen LogP contribution in [-0.4, -0.2) is 40.2 Å². The average Bonchev–Trinajstić information content (AvgIpc) is 2.97. The van der Waals surface area contributed by atoms with Gasteiger partial charge in [-0.15, -0.1) is 0 Å². The van der Waals surface area contributed by atoms with Crippen LogP contribution in [0.15, 0.2) is 30.6 Å². The molecule has 0 saturated carbocycles. The molecule has 0 amide bonds. The van der Waals surface area contributed by atoms with Gasteiger partial charge in [0.15, 0.2) is 17.1 Å². The average molecular weight is 299 g/mol. The summed E-state index contributed by atoms with van der Waals surface area (Å²) in [5.74, 6) is 0.118. The predicted octanol–water partition coefficient (Wildman–Crippen LogP) is 2.34. The minimum atomic E-state index is -1.05.